The minimum atomic E-state index is -1.09. The van der Waals surface area contributed by atoms with Crippen molar-refractivity contribution >= 4 is 57.1 Å². The lowest BCUT2D eigenvalue weighted by atomic mass is 10.0. The molecular formula is C12H13I2NO4. The number of phenols is 1. The van der Waals surface area contributed by atoms with Crippen LogP contribution in [0.5, 0.6) is 5.75 Å². The molecule has 1 aromatic rings. The molecule has 0 aromatic heterocycles. The van der Waals surface area contributed by atoms with Crippen molar-refractivity contribution in [2.45, 2.75) is 19.9 Å². The summed E-state index contributed by atoms with van der Waals surface area (Å²) in [6.45, 7) is 3.41. The molecule has 0 spiro atoms. The highest BCUT2D eigenvalue weighted by molar-refractivity contribution is 14.1. The number of aromatic hydroxyl groups is 1. The molecule has 1 atom stereocenters. The van der Waals surface area contributed by atoms with Crippen LogP contribution >= 0.6 is 45.2 Å². The van der Waals surface area contributed by atoms with E-state index in [2.05, 4.69) is 5.32 Å². The number of carbonyl (C=O) groups excluding carboxylic acids is 1. The summed E-state index contributed by atoms with van der Waals surface area (Å²) in [5.41, 5.74) is 0.0863. The van der Waals surface area contributed by atoms with E-state index >= 15 is 0 Å². The van der Waals surface area contributed by atoms with Crippen molar-refractivity contribution < 1.29 is 19.8 Å². The Hall–Kier alpha value is -0.580. The zero-order valence-corrected chi connectivity index (χ0v) is 14.6. The fraction of sp³-hybridized carbons (Fsp3) is 0.333. The van der Waals surface area contributed by atoms with Gasteiger partial charge in [0.15, 0.2) is 0 Å². The third kappa shape index (κ3) is 4.20. The number of hydrogen-bond donors (Lipinski definition) is 3. The number of hydrogen-bond acceptors (Lipinski definition) is 3. The molecule has 1 unspecified atom stereocenters. The number of carboxylic acids is 1. The third-order valence-electron chi connectivity index (χ3n) is 2.49. The number of carboxylic acid groups (broad SMARTS) is 1. The Bertz CT molecular complexity index is 517. The van der Waals surface area contributed by atoms with Gasteiger partial charge in [0.05, 0.1) is 9.13 Å². The fourth-order valence-electron chi connectivity index (χ4n) is 1.47. The van der Waals surface area contributed by atoms with Crippen LogP contribution in [0.25, 0.3) is 0 Å². The molecule has 1 amide bonds. The van der Waals surface area contributed by atoms with Crippen LogP contribution in [0.1, 0.15) is 24.2 Å². The van der Waals surface area contributed by atoms with E-state index in [0.717, 1.165) is 3.57 Å². The molecule has 0 saturated carbocycles. The standard InChI is InChI=1S/C12H13I2NO4/c1-5(2)9(12(18)19)15-11(17)7-3-6(13)4-8(14)10(7)16/h3-5,9,16H,1-2H3,(H,15,17)(H,18,19). The van der Waals surface area contributed by atoms with Gasteiger partial charge in [-0.2, -0.15) is 0 Å². The van der Waals surface area contributed by atoms with Crippen molar-refractivity contribution in [2.24, 2.45) is 5.92 Å². The molecule has 19 heavy (non-hydrogen) atoms. The van der Waals surface area contributed by atoms with E-state index in [1.165, 1.54) is 6.07 Å². The van der Waals surface area contributed by atoms with Crippen LogP contribution in [0.3, 0.4) is 0 Å². The number of benzene rings is 1. The maximum Gasteiger partial charge on any atom is 0.326 e. The molecule has 0 aliphatic carbocycles. The van der Waals surface area contributed by atoms with Gasteiger partial charge in [-0.15, -0.1) is 0 Å². The summed E-state index contributed by atoms with van der Waals surface area (Å²) < 4.78 is 1.34. The second-order valence-electron chi connectivity index (χ2n) is 4.32. The molecule has 0 fully saturated rings. The van der Waals surface area contributed by atoms with Gasteiger partial charge in [0.1, 0.15) is 11.8 Å². The molecule has 5 nitrogen and oxygen atoms in total. The smallest absolute Gasteiger partial charge is 0.326 e. The van der Waals surface area contributed by atoms with Crippen molar-refractivity contribution in [1.29, 1.82) is 0 Å². The molecule has 1 aromatic carbocycles. The maximum atomic E-state index is 12.0. The molecule has 0 radical (unpaired) electrons. The third-order valence-corrected chi connectivity index (χ3v) is 3.94. The average Bonchev–Trinajstić information content (AvgIpc) is 2.29. The van der Waals surface area contributed by atoms with E-state index in [-0.39, 0.29) is 17.2 Å². The van der Waals surface area contributed by atoms with Crippen LogP contribution in [0.2, 0.25) is 0 Å². The average molecular weight is 489 g/mol. The molecule has 0 aliphatic rings. The first kappa shape index (κ1) is 16.5. The second kappa shape index (κ2) is 6.73. The van der Waals surface area contributed by atoms with Gasteiger partial charge in [0, 0.05) is 3.57 Å². The number of nitrogens with one attached hydrogen (secondary N) is 1. The van der Waals surface area contributed by atoms with Gasteiger partial charge in [-0.25, -0.2) is 4.79 Å². The highest BCUT2D eigenvalue weighted by Gasteiger charge is 2.25. The molecule has 3 N–H and O–H groups in total. The molecular weight excluding hydrogens is 476 g/mol. The number of carbonyl (C=O) groups is 2. The van der Waals surface area contributed by atoms with E-state index in [4.69, 9.17) is 5.11 Å². The highest BCUT2D eigenvalue weighted by Crippen LogP contribution is 2.27. The Morgan fingerprint density at radius 1 is 1.26 bits per heavy atom. The van der Waals surface area contributed by atoms with E-state index in [1.807, 2.05) is 45.2 Å². The summed E-state index contributed by atoms with van der Waals surface area (Å²) in [5.74, 6) is -2.06. The van der Waals surface area contributed by atoms with Gasteiger partial charge in [-0.1, -0.05) is 13.8 Å². The Morgan fingerprint density at radius 2 is 1.84 bits per heavy atom. The van der Waals surface area contributed by atoms with E-state index < -0.39 is 17.9 Å². The van der Waals surface area contributed by atoms with Crippen LogP contribution in [0, 0.1) is 13.1 Å². The molecule has 0 bridgehead atoms. The number of phenolic OH excluding ortho intramolecular Hbond substituents is 1. The summed E-state index contributed by atoms with van der Waals surface area (Å²) in [4.78, 5) is 23.1. The number of amides is 1. The maximum absolute atomic E-state index is 12.0. The lowest BCUT2D eigenvalue weighted by molar-refractivity contribution is -0.140. The summed E-state index contributed by atoms with van der Waals surface area (Å²) in [6, 6.07) is 2.26. The molecule has 0 heterocycles. The van der Waals surface area contributed by atoms with Crippen molar-refractivity contribution in [3.8, 4) is 5.75 Å². The van der Waals surface area contributed by atoms with Crippen LogP contribution in [0.4, 0.5) is 0 Å². The van der Waals surface area contributed by atoms with E-state index in [0.29, 0.717) is 3.57 Å². The van der Waals surface area contributed by atoms with Crippen LogP contribution in [-0.2, 0) is 4.79 Å². The molecule has 1 rings (SSSR count). The molecule has 7 heteroatoms. The lowest BCUT2D eigenvalue weighted by Gasteiger charge is -2.18. The number of rotatable bonds is 4. The molecule has 104 valence electrons. The van der Waals surface area contributed by atoms with Crippen LogP contribution in [-0.4, -0.2) is 28.1 Å². The SMILES string of the molecule is CC(C)C(NC(=O)c1cc(I)cc(I)c1O)C(=O)O. The summed E-state index contributed by atoms with van der Waals surface area (Å²) in [5, 5.41) is 21.3. The zero-order valence-electron chi connectivity index (χ0n) is 10.3. The predicted molar refractivity (Wildman–Crippen MR) is 87.3 cm³/mol. The monoisotopic (exact) mass is 489 g/mol. The van der Waals surface area contributed by atoms with Gasteiger partial charge in [0.2, 0.25) is 0 Å². The minimum Gasteiger partial charge on any atom is -0.506 e. The van der Waals surface area contributed by atoms with Gasteiger partial charge < -0.3 is 15.5 Å². The first-order valence-corrected chi connectivity index (χ1v) is 7.61. The Labute approximate surface area is 138 Å². The van der Waals surface area contributed by atoms with Gasteiger partial charge in [-0.3, -0.25) is 4.79 Å². The summed E-state index contributed by atoms with van der Waals surface area (Å²) >= 11 is 3.95. The van der Waals surface area contributed by atoms with Gasteiger partial charge in [-0.05, 0) is 63.2 Å². The lowest BCUT2D eigenvalue weighted by Crippen LogP contribution is -2.44. The van der Waals surface area contributed by atoms with Crippen molar-refractivity contribution in [2.75, 3.05) is 0 Å². The quantitative estimate of drug-likeness (QED) is 0.568. The normalized spacial score (nSPS) is 12.3. The topological polar surface area (TPSA) is 86.6 Å². The first-order chi connectivity index (χ1) is 8.73. The first-order valence-electron chi connectivity index (χ1n) is 5.45. The molecule has 0 aliphatic heterocycles. The highest BCUT2D eigenvalue weighted by atomic mass is 127. The van der Waals surface area contributed by atoms with E-state index in [1.54, 1.807) is 19.9 Å². The van der Waals surface area contributed by atoms with Crippen molar-refractivity contribution in [1.82, 2.24) is 5.32 Å². The van der Waals surface area contributed by atoms with Gasteiger partial charge >= 0.3 is 5.97 Å². The van der Waals surface area contributed by atoms with Crippen LogP contribution in [0.15, 0.2) is 12.1 Å². The molecule has 0 saturated heterocycles. The minimum absolute atomic E-state index is 0.0863. The fourth-order valence-corrected chi connectivity index (χ4v) is 3.32. The van der Waals surface area contributed by atoms with Crippen molar-refractivity contribution in [3.05, 3.63) is 24.8 Å². The Morgan fingerprint density at radius 3 is 2.32 bits per heavy atom. The van der Waals surface area contributed by atoms with Crippen LogP contribution < -0.4 is 5.32 Å². The van der Waals surface area contributed by atoms with Crippen molar-refractivity contribution in [3.63, 3.8) is 0 Å². The van der Waals surface area contributed by atoms with E-state index in [9.17, 15) is 14.7 Å². The summed E-state index contributed by atoms with van der Waals surface area (Å²) in [6.07, 6.45) is 0. The Kier molecular flexibility index (Phi) is 5.83. The van der Waals surface area contributed by atoms with Gasteiger partial charge in [0.25, 0.3) is 5.91 Å². The number of aliphatic carboxylic acids is 1. The number of halogens is 2. The predicted octanol–water partition coefficient (Wildman–Crippen LogP) is 2.44. The second-order valence-corrected chi connectivity index (χ2v) is 6.72. The zero-order chi connectivity index (χ0) is 14.7. The Balaban J connectivity index is 3.04. The summed E-state index contributed by atoms with van der Waals surface area (Å²) in [7, 11) is 0. The largest absolute Gasteiger partial charge is 0.506 e.